The summed E-state index contributed by atoms with van der Waals surface area (Å²) in [6.45, 7) is 0. The van der Waals surface area contributed by atoms with E-state index in [1.807, 2.05) is 48.5 Å². The Kier molecular flexibility index (Phi) is 5.49. The molecule has 0 saturated heterocycles. The second-order valence-electron chi connectivity index (χ2n) is 6.42. The molecule has 4 nitrogen and oxygen atoms in total. The van der Waals surface area contributed by atoms with Gasteiger partial charge < -0.3 is 19.5 Å². The third-order valence-electron chi connectivity index (χ3n) is 4.72. The Labute approximate surface area is 177 Å². The second-order valence-corrected chi connectivity index (χ2v) is 7.71. The van der Waals surface area contributed by atoms with Crippen molar-refractivity contribution >= 4 is 33.2 Å². The largest absolute Gasteiger partial charge is 0.493 e. The van der Waals surface area contributed by atoms with E-state index in [1.165, 1.54) is 0 Å². The Balaban J connectivity index is 1.79. The minimum Gasteiger partial charge on any atom is -0.493 e. The summed E-state index contributed by atoms with van der Waals surface area (Å²) in [7, 11) is 3.23. The summed E-state index contributed by atoms with van der Waals surface area (Å²) in [6.07, 6.45) is -0.608. The van der Waals surface area contributed by atoms with Gasteiger partial charge in [0, 0.05) is 21.8 Å². The van der Waals surface area contributed by atoms with E-state index in [4.69, 9.17) is 25.8 Å². The van der Waals surface area contributed by atoms with E-state index in [0.29, 0.717) is 16.5 Å². The first-order valence-electron chi connectivity index (χ1n) is 8.78. The lowest BCUT2D eigenvalue weighted by Crippen LogP contribution is -2.25. The Morgan fingerprint density at radius 2 is 1.75 bits per heavy atom. The second kappa shape index (κ2) is 8.03. The van der Waals surface area contributed by atoms with Crippen LogP contribution in [0.4, 0.5) is 5.69 Å². The van der Waals surface area contributed by atoms with Crippen LogP contribution >= 0.6 is 27.5 Å². The molecule has 0 aliphatic carbocycles. The lowest BCUT2D eigenvalue weighted by molar-refractivity contribution is 0.0156. The molecule has 0 amide bonds. The van der Waals surface area contributed by atoms with Crippen molar-refractivity contribution in [1.29, 1.82) is 0 Å². The van der Waals surface area contributed by atoms with Gasteiger partial charge in [0.25, 0.3) is 0 Å². The van der Waals surface area contributed by atoms with Crippen molar-refractivity contribution in [3.05, 3.63) is 86.8 Å². The summed E-state index contributed by atoms with van der Waals surface area (Å²) < 4.78 is 18.2. The van der Waals surface area contributed by atoms with Gasteiger partial charge in [-0.25, -0.2) is 0 Å². The van der Waals surface area contributed by atoms with Gasteiger partial charge in [-0.1, -0.05) is 41.9 Å². The third-order valence-corrected chi connectivity index (χ3v) is 5.54. The molecule has 28 heavy (non-hydrogen) atoms. The van der Waals surface area contributed by atoms with Gasteiger partial charge in [0.2, 0.25) is 0 Å². The summed E-state index contributed by atoms with van der Waals surface area (Å²) in [5.74, 6) is 1.28. The van der Waals surface area contributed by atoms with Gasteiger partial charge in [-0.2, -0.15) is 0 Å². The molecule has 0 bridgehead atoms. The molecule has 6 heteroatoms. The highest BCUT2D eigenvalue weighted by molar-refractivity contribution is 9.10. The monoisotopic (exact) mass is 459 g/mol. The average Bonchev–Trinajstić information content (AvgIpc) is 2.73. The first-order chi connectivity index (χ1) is 13.6. The third kappa shape index (κ3) is 3.58. The molecule has 0 aromatic heterocycles. The van der Waals surface area contributed by atoms with Crippen LogP contribution in [0, 0.1) is 0 Å². The Bertz CT molecular complexity index is 997. The van der Waals surface area contributed by atoms with Gasteiger partial charge in [0.1, 0.15) is 6.10 Å². The van der Waals surface area contributed by atoms with Crippen LogP contribution in [0.3, 0.4) is 0 Å². The number of hydrogen-bond donors (Lipinski definition) is 1. The van der Waals surface area contributed by atoms with E-state index < -0.39 is 0 Å². The van der Waals surface area contributed by atoms with Gasteiger partial charge in [-0.15, -0.1) is 0 Å². The van der Waals surface area contributed by atoms with Crippen molar-refractivity contribution < 1.29 is 14.2 Å². The number of methoxy groups -OCH3 is 2. The summed E-state index contributed by atoms with van der Waals surface area (Å²) >= 11 is 9.82. The average molecular weight is 461 g/mol. The SMILES string of the molecule is COc1cc([C@@H]2Nc3ccc(Cl)cc3[C@H](c3ccccc3)O2)cc(Br)c1OC. The maximum atomic E-state index is 6.48. The molecular weight excluding hydrogens is 442 g/mol. The molecule has 144 valence electrons. The highest BCUT2D eigenvalue weighted by Crippen LogP contribution is 2.45. The Hall–Kier alpha value is -2.21. The summed E-state index contributed by atoms with van der Waals surface area (Å²) in [4.78, 5) is 0. The van der Waals surface area contributed by atoms with E-state index >= 15 is 0 Å². The van der Waals surface area contributed by atoms with E-state index in [0.717, 1.165) is 26.9 Å². The molecule has 0 radical (unpaired) electrons. The zero-order valence-electron chi connectivity index (χ0n) is 15.4. The summed E-state index contributed by atoms with van der Waals surface area (Å²) in [6, 6.07) is 19.8. The number of fused-ring (bicyclic) bond motifs is 1. The zero-order chi connectivity index (χ0) is 19.7. The fourth-order valence-corrected chi connectivity index (χ4v) is 4.21. The van der Waals surface area contributed by atoms with E-state index in [-0.39, 0.29) is 12.3 Å². The molecule has 3 aromatic carbocycles. The van der Waals surface area contributed by atoms with Crippen LogP contribution in [0.15, 0.2) is 65.1 Å². The summed E-state index contributed by atoms with van der Waals surface area (Å²) in [5.41, 5.74) is 3.98. The highest BCUT2D eigenvalue weighted by Gasteiger charge is 2.30. The zero-order valence-corrected chi connectivity index (χ0v) is 17.8. The first kappa shape index (κ1) is 19.1. The lowest BCUT2D eigenvalue weighted by Gasteiger charge is -2.34. The van der Waals surface area contributed by atoms with Crippen LogP contribution in [-0.2, 0) is 4.74 Å². The van der Waals surface area contributed by atoms with Crippen molar-refractivity contribution in [1.82, 2.24) is 0 Å². The number of ether oxygens (including phenoxy) is 3. The van der Waals surface area contributed by atoms with Crippen LogP contribution in [0.5, 0.6) is 11.5 Å². The van der Waals surface area contributed by atoms with Crippen molar-refractivity contribution in [2.24, 2.45) is 0 Å². The number of rotatable bonds is 4. The standard InChI is InChI=1S/C22H19BrClNO3/c1-26-19-11-14(10-17(23)21(19)27-2)22-25-18-9-8-15(24)12-16(18)20(28-22)13-6-4-3-5-7-13/h3-12,20,22,25H,1-2H3/t20-,22+/m0/s1. The number of anilines is 1. The van der Waals surface area contributed by atoms with Crippen LogP contribution in [0.1, 0.15) is 29.0 Å². The quantitative estimate of drug-likeness (QED) is 0.492. The molecule has 0 spiro atoms. The normalized spacial score (nSPS) is 18.1. The fraction of sp³-hybridized carbons (Fsp3) is 0.182. The molecule has 0 unspecified atom stereocenters. The predicted octanol–water partition coefficient (Wildman–Crippen LogP) is 6.35. The minimum absolute atomic E-state index is 0.243. The van der Waals surface area contributed by atoms with Crippen molar-refractivity contribution in [2.45, 2.75) is 12.3 Å². The van der Waals surface area contributed by atoms with Crippen LogP contribution < -0.4 is 14.8 Å². The van der Waals surface area contributed by atoms with Crippen LogP contribution in [0.2, 0.25) is 5.02 Å². The molecule has 1 heterocycles. The fourth-order valence-electron chi connectivity index (χ4n) is 3.40. The molecule has 1 aliphatic rings. The molecule has 2 atom stereocenters. The Morgan fingerprint density at radius 1 is 0.964 bits per heavy atom. The van der Waals surface area contributed by atoms with Crippen molar-refractivity contribution in [2.75, 3.05) is 19.5 Å². The molecule has 0 saturated carbocycles. The number of hydrogen-bond acceptors (Lipinski definition) is 4. The first-order valence-corrected chi connectivity index (χ1v) is 9.95. The van der Waals surface area contributed by atoms with Crippen molar-refractivity contribution in [3.8, 4) is 11.5 Å². The molecule has 1 aliphatic heterocycles. The molecule has 4 rings (SSSR count). The maximum absolute atomic E-state index is 6.48. The number of halogens is 2. The van der Waals surface area contributed by atoms with Gasteiger partial charge >= 0.3 is 0 Å². The van der Waals surface area contributed by atoms with E-state index in [2.05, 4.69) is 33.4 Å². The predicted molar refractivity (Wildman–Crippen MR) is 114 cm³/mol. The molecule has 0 fully saturated rings. The van der Waals surface area contributed by atoms with Crippen molar-refractivity contribution in [3.63, 3.8) is 0 Å². The summed E-state index contributed by atoms with van der Waals surface area (Å²) in [5, 5.41) is 4.14. The number of benzene rings is 3. The van der Waals surface area contributed by atoms with E-state index in [9.17, 15) is 0 Å². The molecule has 3 aromatic rings. The molecule has 1 N–H and O–H groups in total. The minimum atomic E-state index is -0.366. The number of nitrogens with one attached hydrogen (secondary N) is 1. The van der Waals surface area contributed by atoms with Gasteiger partial charge in [-0.3, -0.25) is 0 Å². The van der Waals surface area contributed by atoms with Gasteiger partial charge in [0.15, 0.2) is 17.7 Å². The smallest absolute Gasteiger partial charge is 0.174 e. The van der Waals surface area contributed by atoms with Crippen LogP contribution in [0.25, 0.3) is 0 Å². The van der Waals surface area contributed by atoms with E-state index in [1.54, 1.807) is 14.2 Å². The maximum Gasteiger partial charge on any atom is 0.174 e. The van der Waals surface area contributed by atoms with Gasteiger partial charge in [-0.05, 0) is 51.8 Å². The molecular formula is C22H19BrClNO3. The van der Waals surface area contributed by atoms with Gasteiger partial charge in [0.05, 0.1) is 18.7 Å². The topological polar surface area (TPSA) is 39.7 Å². The Morgan fingerprint density at radius 3 is 2.46 bits per heavy atom. The van der Waals surface area contributed by atoms with Crippen LogP contribution in [-0.4, -0.2) is 14.2 Å². The highest BCUT2D eigenvalue weighted by atomic mass is 79.9. The lowest BCUT2D eigenvalue weighted by atomic mass is 9.97.